The van der Waals surface area contributed by atoms with Gasteiger partial charge in [-0.3, -0.25) is 0 Å². The predicted octanol–water partition coefficient (Wildman–Crippen LogP) is 1.16. The number of hydrogen-bond acceptors (Lipinski definition) is 3. The van der Waals surface area contributed by atoms with E-state index in [1.165, 1.54) is 0 Å². The molecule has 0 N–H and O–H groups in total. The van der Waals surface area contributed by atoms with Crippen molar-refractivity contribution in [1.82, 2.24) is 0 Å². The van der Waals surface area contributed by atoms with Crippen LogP contribution in [-0.2, 0) is 9.53 Å². The summed E-state index contributed by atoms with van der Waals surface area (Å²) in [6.07, 6.45) is 2.64. The summed E-state index contributed by atoms with van der Waals surface area (Å²) in [6.45, 7) is 1.72. The van der Waals surface area contributed by atoms with Gasteiger partial charge >= 0.3 is 5.97 Å². The van der Waals surface area contributed by atoms with Gasteiger partial charge in [-0.05, 0) is 13.0 Å². The number of carbonyl (C=O) groups excluding carboxylic acids is 1. The van der Waals surface area contributed by atoms with Gasteiger partial charge in [0.05, 0.1) is 6.07 Å². The Morgan fingerprint density at radius 3 is 3.00 bits per heavy atom. The van der Waals surface area contributed by atoms with Crippen LogP contribution in [0.5, 0.6) is 0 Å². The van der Waals surface area contributed by atoms with Gasteiger partial charge in [0.25, 0.3) is 0 Å². The van der Waals surface area contributed by atoms with E-state index in [2.05, 4.69) is 0 Å². The van der Waals surface area contributed by atoms with E-state index in [1.54, 1.807) is 13.0 Å². The second-order valence-corrected chi connectivity index (χ2v) is 2.49. The zero-order valence-electron chi connectivity index (χ0n) is 6.33. The smallest absolute Gasteiger partial charge is 0.334 e. The Kier molecular flexibility index (Phi) is 2.27. The van der Waals surface area contributed by atoms with Crippen LogP contribution in [-0.4, -0.2) is 12.1 Å². The zero-order chi connectivity index (χ0) is 8.27. The molecule has 0 spiro atoms. The average Bonchev–Trinajstić information content (AvgIpc) is 2.28. The molecule has 0 aliphatic carbocycles. The number of ether oxygens (including phenoxy) is 1. The number of rotatable bonds is 2. The Balaban J connectivity index is 2.42. The lowest BCUT2D eigenvalue weighted by molar-refractivity contribution is -0.139. The Labute approximate surface area is 65.3 Å². The van der Waals surface area contributed by atoms with Crippen LogP contribution in [0.3, 0.4) is 0 Å². The highest BCUT2D eigenvalue weighted by Crippen LogP contribution is 2.16. The zero-order valence-corrected chi connectivity index (χ0v) is 6.33. The van der Waals surface area contributed by atoms with Crippen LogP contribution < -0.4 is 0 Å². The Morgan fingerprint density at radius 1 is 1.82 bits per heavy atom. The summed E-state index contributed by atoms with van der Waals surface area (Å²) >= 11 is 0. The molecule has 0 aromatic carbocycles. The molecule has 1 heterocycles. The summed E-state index contributed by atoms with van der Waals surface area (Å²) < 4.78 is 4.89. The van der Waals surface area contributed by atoms with E-state index in [0.29, 0.717) is 18.4 Å². The summed E-state index contributed by atoms with van der Waals surface area (Å²) in [7, 11) is 0. The fourth-order valence-corrected chi connectivity index (χ4v) is 0.960. The van der Waals surface area contributed by atoms with Crippen LogP contribution in [0.15, 0.2) is 11.6 Å². The highest BCUT2D eigenvalue weighted by Gasteiger charge is 2.21. The Morgan fingerprint density at radius 2 is 2.55 bits per heavy atom. The number of hydrogen-bond donors (Lipinski definition) is 0. The third kappa shape index (κ3) is 1.81. The first-order valence-corrected chi connectivity index (χ1v) is 3.50. The molecule has 0 aromatic heterocycles. The lowest BCUT2D eigenvalue weighted by atomic mass is 10.2. The predicted molar refractivity (Wildman–Crippen MR) is 38.5 cm³/mol. The highest BCUT2D eigenvalue weighted by molar-refractivity contribution is 5.90. The topological polar surface area (TPSA) is 50.1 Å². The van der Waals surface area contributed by atoms with E-state index >= 15 is 0 Å². The number of nitriles is 1. The molecular weight excluding hydrogens is 142 g/mol. The van der Waals surface area contributed by atoms with Crippen molar-refractivity contribution in [2.75, 3.05) is 0 Å². The van der Waals surface area contributed by atoms with Crippen LogP contribution in [0.2, 0.25) is 0 Å². The van der Waals surface area contributed by atoms with Crippen molar-refractivity contribution in [3.05, 3.63) is 11.6 Å². The van der Waals surface area contributed by atoms with E-state index in [0.717, 1.165) is 0 Å². The molecule has 0 aromatic rings. The van der Waals surface area contributed by atoms with Gasteiger partial charge in [0.15, 0.2) is 0 Å². The maximum Gasteiger partial charge on any atom is 0.334 e. The monoisotopic (exact) mass is 151 g/mol. The lowest BCUT2D eigenvalue weighted by Crippen LogP contribution is -2.07. The number of esters is 1. The average molecular weight is 151 g/mol. The maximum atomic E-state index is 10.8. The fraction of sp³-hybridized carbons (Fsp3) is 0.500. The third-order valence-corrected chi connectivity index (χ3v) is 1.56. The van der Waals surface area contributed by atoms with Crippen molar-refractivity contribution >= 4 is 5.97 Å². The quantitative estimate of drug-likeness (QED) is 0.556. The molecule has 1 rings (SSSR count). The number of carbonyl (C=O) groups is 1. The van der Waals surface area contributed by atoms with Crippen LogP contribution in [0.25, 0.3) is 0 Å². The van der Waals surface area contributed by atoms with Crippen LogP contribution in [0.4, 0.5) is 0 Å². The first-order chi connectivity index (χ1) is 5.24. The molecule has 0 amide bonds. The summed E-state index contributed by atoms with van der Waals surface area (Å²) in [5.74, 6) is -0.257. The lowest BCUT2D eigenvalue weighted by Gasteiger charge is -2.03. The molecule has 0 bridgehead atoms. The Hall–Kier alpha value is -1.30. The minimum absolute atomic E-state index is 0.165. The van der Waals surface area contributed by atoms with Crippen molar-refractivity contribution in [2.24, 2.45) is 0 Å². The first kappa shape index (κ1) is 7.80. The first-order valence-electron chi connectivity index (χ1n) is 3.50. The highest BCUT2D eigenvalue weighted by atomic mass is 16.5. The van der Waals surface area contributed by atoms with E-state index in [1.807, 2.05) is 6.07 Å². The summed E-state index contributed by atoms with van der Waals surface area (Å²) in [6, 6.07) is 2.00. The molecule has 0 radical (unpaired) electrons. The molecule has 0 saturated carbocycles. The summed E-state index contributed by atoms with van der Waals surface area (Å²) in [5, 5.41) is 8.25. The normalized spacial score (nSPS) is 22.4. The van der Waals surface area contributed by atoms with E-state index in [-0.39, 0.29) is 12.1 Å². The fourth-order valence-electron chi connectivity index (χ4n) is 0.960. The molecule has 1 unspecified atom stereocenters. The second kappa shape index (κ2) is 3.20. The van der Waals surface area contributed by atoms with E-state index in [4.69, 9.17) is 10.00 Å². The standard InChI is InChI=1S/C8H9NO2/c1-6-5-7(3-2-4-9)11-8(6)10/h5,7H,2-3H2,1H3. The van der Waals surface area contributed by atoms with Crippen LogP contribution >= 0.6 is 0 Å². The molecular formula is C8H9NO2. The van der Waals surface area contributed by atoms with Crippen LogP contribution in [0, 0.1) is 11.3 Å². The SMILES string of the molecule is CC1=CC(CCC#N)OC1=O. The van der Waals surface area contributed by atoms with Gasteiger partial charge in [-0.25, -0.2) is 4.79 Å². The number of nitrogens with zero attached hydrogens (tertiary/aromatic N) is 1. The molecule has 1 aliphatic rings. The molecule has 1 aliphatic heterocycles. The van der Waals surface area contributed by atoms with Gasteiger partial charge in [-0.1, -0.05) is 0 Å². The van der Waals surface area contributed by atoms with Crippen molar-refractivity contribution in [1.29, 1.82) is 5.26 Å². The maximum absolute atomic E-state index is 10.8. The van der Waals surface area contributed by atoms with E-state index in [9.17, 15) is 4.79 Å². The molecule has 58 valence electrons. The Bertz CT molecular complexity index is 237. The van der Waals surface area contributed by atoms with Crippen molar-refractivity contribution in [2.45, 2.75) is 25.9 Å². The third-order valence-electron chi connectivity index (χ3n) is 1.56. The van der Waals surface area contributed by atoms with Crippen molar-refractivity contribution in [3.8, 4) is 6.07 Å². The van der Waals surface area contributed by atoms with Crippen molar-refractivity contribution < 1.29 is 9.53 Å². The van der Waals surface area contributed by atoms with Gasteiger partial charge < -0.3 is 4.74 Å². The van der Waals surface area contributed by atoms with Gasteiger partial charge in [0, 0.05) is 18.4 Å². The van der Waals surface area contributed by atoms with E-state index < -0.39 is 0 Å². The molecule has 11 heavy (non-hydrogen) atoms. The minimum atomic E-state index is -0.257. The molecule has 0 saturated heterocycles. The van der Waals surface area contributed by atoms with Gasteiger partial charge in [0.2, 0.25) is 0 Å². The minimum Gasteiger partial charge on any atom is -0.455 e. The summed E-state index contributed by atoms with van der Waals surface area (Å²) in [4.78, 5) is 10.8. The molecule has 3 heteroatoms. The molecule has 0 fully saturated rings. The second-order valence-electron chi connectivity index (χ2n) is 2.49. The van der Waals surface area contributed by atoms with Crippen LogP contribution in [0.1, 0.15) is 19.8 Å². The van der Waals surface area contributed by atoms with Crippen molar-refractivity contribution in [3.63, 3.8) is 0 Å². The molecule has 1 atom stereocenters. The van der Waals surface area contributed by atoms with Gasteiger partial charge in [-0.2, -0.15) is 5.26 Å². The number of cyclic esters (lactones) is 1. The largest absolute Gasteiger partial charge is 0.455 e. The van der Waals surface area contributed by atoms with Gasteiger partial charge in [0.1, 0.15) is 6.10 Å². The van der Waals surface area contributed by atoms with Gasteiger partial charge in [-0.15, -0.1) is 0 Å². The summed E-state index contributed by atoms with van der Waals surface area (Å²) in [5.41, 5.74) is 0.646. The molecule has 3 nitrogen and oxygen atoms in total.